The second-order valence-corrected chi connectivity index (χ2v) is 4.30. The predicted octanol–water partition coefficient (Wildman–Crippen LogP) is 2.63. The Balaban J connectivity index is 0.00000180. The standard InChI is InChI=1S/C14H18N2O2.ClH/c1-10-11-6-2-3-7-12(11)18-13(10)14(17)16-9-5-4-8-15;/h2-3,6-7H,4-5,8-9,15H2,1H3,(H,16,17);1H. The number of rotatable bonds is 5. The first-order valence-corrected chi connectivity index (χ1v) is 6.20. The average Bonchev–Trinajstić information content (AvgIpc) is 2.73. The molecule has 0 unspecified atom stereocenters. The molecule has 0 radical (unpaired) electrons. The Labute approximate surface area is 118 Å². The van der Waals surface area contributed by atoms with E-state index >= 15 is 0 Å². The fourth-order valence-corrected chi connectivity index (χ4v) is 1.94. The van der Waals surface area contributed by atoms with E-state index in [2.05, 4.69) is 5.32 Å². The van der Waals surface area contributed by atoms with Crippen molar-refractivity contribution in [3.05, 3.63) is 35.6 Å². The van der Waals surface area contributed by atoms with Crippen molar-refractivity contribution < 1.29 is 9.21 Å². The largest absolute Gasteiger partial charge is 0.451 e. The lowest BCUT2D eigenvalue weighted by Gasteiger charge is -2.02. The van der Waals surface area contributed by atoms with Crippen LogP contribution >= 0.6 is 12.4 Å². The number of furan rings is 1. The third-order valence-corrected chi connectivity index (χ3v) is 2.97. The summed E-state index contributed by atoms with van der Waals surface area (Å²) in [6, 6.07) is 7.66. The van der Waals surface area contributed by atoms with Gasteiger partial charge in [0.15, 0.2) is 5.76 Å². The van der Waals surface area contributed by atoms with Gasteiger partial charge in [0, 0.05) is 17.5 Å². The summed E-state index contributed by atoms with van der Waals surface area (Å²) < 4.78 is 5.58. The molecular weight excluding hydrogens is 264 g/mol. The smallest absolute Gasteiger partial charge is 0.287 e. The molecule has 0 aliphatic rings. The summed E-state index contributed by atoms with van der Waals surface area (Å²) in [6.45, 7) is 3.19. The van der Waals surface area contributed by atoms with Crippen LogP contribution in [0.25, 0.3) is 11.0 Å². The van der Waals surface area contributed by atoms with Crippen molar-refractivity contribution in [2.75, 3.05) is 13.1 Å². The van der Waals surface area contributed by atoms with Crippen LogP contribution in [0.4, 0.5) is 0 Å². The Bertz CT molecular complexity index is 551. The first-order chi connectivity index (χ1) is 8.74. The molecule has 1 aromatic heterocycles. The van der Waals surface area contributed by atoms with E-state index in [0.29, 0.717) is 18.8 Å². The van der Waals surface area contributed by atoms with E-state index in [1.807, 2.05) is 31.2 Å². The van der Waals surface area contributed by atoms with Gasteiger partial charge in [-0.15, -0.1) is 12.4 Å². The molecule has 0 aliphatic heterocycles. The summed E-state index contributed by atoms with van der Waals surface area (Å²) in [5, 5.41) is 3.84. The summed E-state index contributed by atoms with van der Waals surface area (Å²) in [6.07, 6.45) is 1.81. The van der Waals surface area contributed by atoms with Crippen LogP contribution in [0.1, 0.15) is 29.0 Å². The quantitative estimate of drug-likeness (QED) is 0.829. The molecule has 1 heterocycles. The van der Waals surface area contributed by atoms with Gasteiger partial charge in [0.2, 0.25) is 0 Å². The molecule has 0 spiro atoms. The zero-order valence-electron chi connectivity index (χ0n) is 10.9. The van der Waals surface area contributed by atoms with Crippen LogP contribution in [0.15, 0.2) is 28.7 Å². The van der Waals surface area contributed by atoms with Crippen molar-refractivity contribution in [3.8, 4) is 0 Å². The number of para-hydroxylation sites is 1. The maximum Gasteiger partial charge on any atom is 0.287 e. The molecule has 0 saturated carbocycles. The van der Waals surface area contributed by atoms with Crippen LogP contribution in [-0.2, 0) is 0 Å². The van der Waals surface area contributed by atoms with Gasteiger partial charge >= 0.3 is 0 Å². The minimum atomic E-state index is -0.152. The zero-order valence-corrected chi connectivity index (χ0v) is 11.8. The van der Waals surface area contributed by atoms with Gasteiger partial charge in [-0.25, -0.2) is 0 Å². The Kier molecular flexibility index (Phi) is 5.86. The van der Waals surface area contributed by atoms with E-state index in [1.165, 1.54) is 0 Å². The Morgan fingerprint density at radius 1 is 1.32 bits per heavy atom. The van der Waals surface area contributed by atoms with Crippen molar-refractivity contribution in [2.45, 2.75) is 19.8 Å². The minimum Gasteiger partial charge on any atom is -0.451 e. The third-order valence-electron chi connectivity index (χ3n) is 2.97. The Hall–Kier alpha value is -1.52. The topological polar surface area (TPSA) is 68.3 Å². The summed E-state index contributed by atoms with van der Waals surface area (Å²) in [7, 11) is 0. The molecule has 0 aliphatic carbocycles. The molecule has 2 aromatic rings. The number of nitrogens with two attached hydrogens (primary N) is 1. The molecule has 1 aromatic carbocycles. The molecule has 5 heteroatoms. The molecule has 0 atom stereocenters. The van der Waals surface area contributed by atoms with Crippen molar-refractivity contribution in [1.29, 1.82) is 0 Å². The van der Waals surface area contributed by atoms with Gasteiger partial charge in [0.25, 0.3) is 5.91 Å². The molecule has 104 valence electrons. The van der Waals surface area contributed by atoms with Crippen LogP contribution in [0, 0.1) is 6.92 Å². The highest BCUT2D eigenvalue weighted by molar-refractivity contribution is 5.98. The monoisotopic (exact) mass is 282 g/mol. The van der Waals surface area contributed by atoms with E-state index in [9.17, 15) is 4.79 Å². The van der Waals surface area contributed by atoms with E-state index in [1.54, 1.807) is 0 Å². The van der Waals surface area contributed by atoms with Gasteiger partial charge in [-0.05, 0) is 32.4 Å². The highest BCUT2D eigenvalue weighted by atomic mass is 35.5. The highest BCUT2D eigenvalue weighted by Crippen LogP contribution is 2.24. The third kappa shape index (κ3) is 3.49. The van der Waals surface area contributed by atoms with Gasteiger partial charge in [-0.1, -0.05) is 18.2 Å². The van der Waals surface area contributed by atoms with E-state index in [0.717, 1.165) is 29.4 Å². The minimum absolute atomic E-state index is 0. The van der Waals surface area contributed by atoms with Crippen LogP contribution < -0.4 is 11.1 Å². The molecule has 19 heavy (non-hydrogen) atoms. The second-order valence-electron chi connectivity index (χ2n) is 4.30. The van der Waals surface area contributed by atoms with E-state index < -0.39 is 0 Å². The zero-order chi connectivity index (χ0) is 13.0. The molecular formula is C14H19ClN2O2. The highest BCUT2D eigenvalue weighted by Gasteiger charge is 2.16. The molecule has 4 nitrogen and oxygen atoms in total. The van der Waals surface area contributed by atoms with Gasteiger partial charge in [0.05, 0.1) is 0 Å². The van der Waals surface area contributed by atoms with Gasteiger partial charge < -0.3 is 15.5 Å². The number of fused-ring (bicyclic) bond motifs is 1. The van der Waals surface area contributed by atoms with Gasteiger partial charge in [-0.2, -0.15) is 0 Å². The lowest BCUT2D eigenvalue weighted by Crippen LogP contribution is -2.25. The Morgan fingerprint density at radius 2 is 2.05 bits per heavy atom. The number of nitrogens with one attached hydrogen (secondary N) is 1. The van der Waals surface area contributed by atoms with Crippen LogP contribution in [0.2, 0.25) is 0 Å². The van der Waals surface area contributed by atoms with E-state index in [4.69, 9.17) is 10.2 Å². The number of carbonyl (C=O) groups is 1. The van der Waals surface area contributed by atoms with Gasteiger partial charge in [0.1, 0.15) is 5.58 Å². The molecule has 1 amide bonds. The van der Waals surface area contributed by atoms with Crippen LogP contribution in [0.5, 0.6) is 0 Å². The fraction of sp³-hybridized carbons (Fsp3) is 0.357. The van der Waals surface area contributed by atoms with E-state index in [-0.39, 0.29) is 18.3 Å². The van der Waals surface area contributed by atoms with Crippen molar-refractivity contribution in [2.24, 2.45) is 5.73 Å². The first kappa shape index (κ1) is 15.5. The first-order valence-electron chi connectivity index (χ1n) is 6.20. The average molecular weight is 283 g/mol. The summed E-state index contributed by atoms with van der Waals surface area (Å²) in [4.78, 5) is 12.0. The number of halogens is 1. The van der Waals surface area contributed by atoms with Gasteiger partial charge in [-0.3, -0.25) is 4.79 Å². The summed E-state index contributed by atoms with van der Waals surface area (Å²) in [5.74, 6) is 0.254. The molecule has 0 saturated heterocycles. The molecule has 0 bridgehead atoms. The van der Waals surface area contributed by atoms with Crippen LogP contribution in [0.3, 0.4) is 0 Å². The molecule has 0 fully saturated rings. The number of hydrogen-bond donors (Lipinski definition) is 2. The fourth-order valence-electron chi connectivity index (χ4n) is 1.94. The number of aryl methyl sites for hydroxylation is 1. The van der Waals surface area contributed by atoms with Crippen LogP contribution in [-0.4, -0.2) is 19.0 Å². The number of benzene rings is 1. The maximum absolute atomic E-state index is 12.0. The number of unbranched alkanes of at least 4 members (excludes halogenated alkanes) is 1. The SMILES string of the molecule is Cc1c(C(=O)NCCCCN)oc2ccccc12.Cl. The lowest BCUT2D eigenvalue weighted by atomic mass is 10.1. The van der Waals surface area contributed by atoms with Crippen molar-refractivity contribution in [3.63, 3.8) is 0 Å². The number of hydrogen-bond acceptors (Lipinski definition) is 3. The van der Waals surface area contributed by atoms with Crippen molar-refractivity contribution >= 4 is 29.3 Å². The number of amides is 1. The predicted molar refractivity (Wildman–Crippen MR) is 78.8 cm³/mol. The maximum atomic E-state index is 12.0. The van der Waals surface area contributed by atoms with Crippen molar-refractivity contribution in [1.82, 2.24) is 5.32 Å². The summed E-state index contributed by atoms with van der Waals surface area (Å²) >= 11 is 0. The second kappa shape index (κ2) is 7.16. The molecule has 2 rings (SSSR count). The Morgan fingerprint density at radius 3 is 2.74 bits per heavy atom. The molecule has 3 N–H and O–H groups in total. The number of carbonyl (C=O) groups excluding carboxylic acids is 1. The lowest BCUT2D eigenvalue weighted by molar-refractivity contribution is 0.0926. The normalized spacial score (nSPS) is 10.2. The summed E-state index contributed by atoms with van der Waals surface area (Å²) in [5.41, 5.74) is 7.04.